The van der Waals surface area contributed by atoms with E-state index in [1.165, 1.54) is 45.4 Å². The van der Waals surface area contributed by atoms with Crippen LogP contribution in [-0.4, -0.2) is 30.4 Å². The number of benzene rings is 1. The van der Waals surface area contributed by atoms with Crippen molar-refractivity contribution in [3.8, 4) is 0 Å². The highest BCUT2D eigenvalue weighted by Crippen LogP contribution is 2.61. The molecule has 0 unspecified atom stereocenters. The number of aryl methyl sites for hydroxylation is 1. The number of amides is 2. The van der Waals surface area contributed by atoms with Gasteiger partial charge in [-0.05, 0) is 87.2 Å². The molecule has 162 valence electrons. The lowest BCUT2D eigenvalue weighted by atomic mass is 9.48. The van der Waals surface area contributed by atoms with Gasteiger partial charge >= 0.3 is 5.97 Å². The third-order valence-electron chi connectivity index (χ3n) is 7.51. The van der Waals surface area contributed by atoms with Crippen molar-refractivity contribution in [3.63, 3.8) is 0 Å². The molecule has 4 bridgehead atoms. The molecule has 5 rings (SSSR count). The van der Waals surface area contributed by atoms with Gasteiger partial charge in [0.15, 0.2) is 6.61 Å². The van der Waals surface area contributed by atoms with Gasteiger partial charge in [0.1, 0.15) is 0 Å². The number of rotatable bonds is 6. The number of hydrogen-bond donors (Lipinski definition) is 2. The molecule has 30 heavy (non-hydrogen) atoms. The highest BCUT2D eigenvalue weighted by atomic mass is 16.5. The number of hydrogen-bond acceptors (Lipinski definition) is 4. The molecule has 0 aliphatic heterocycles. The van der Waals surface area contributed by atoms with Crippen LogP contribution in [-0.2, 0) is 14.3 Å². The standard InChI is InChI=1S/C24H32N2O4/c1-14-5-4-6-20(22(14)26-16(3)27)23(29)30-13-21(28)25-15(2)24-10-17-7-18(11-24)9-19(8-17)12-24/h4-6,15,17-19H,7-13H2,1-3H3,(H,25,28)(H,26,27)/t15-,17?,18?,19?,24?/m1/s1. The Hall–Kier alpha value is -2.37. The van der Waals surface area contributed by atoms with E-state index < -0.39 is 5.97 Å². The van der Waals surface area contributed by atoms with Crippen LogP contribution in [0, 0.1) is 30.1 Å². The summed E-state index contributed by atoms with van der Waals surface area (Å²) in [6, 6.07) is 5.22. The van der Waals surface area contributed by atoms with Gasteiger partial charge in [0.2, 0.25) is 5.91 Å². The van der Waals surface area contributed by atoms with E-state index in [4.69, 9.17) is 4.74 Å². The maximum absolute atomic E-state index is 12.6. The summed E-state index contributed by atoms with van der Waals surface area (Å²) < 4.78 is 5.28. The molecular weight excluding hydrogens is 380 g/mol. The molecule has 6 nitrogen and oxygen atoms in total. The summed E-state index contributed by atoms with van der Waals surface area (Å²) in [6.45, 7) is 4.99. The topological polar surface area (TPSA) is 84.5 Å². The van der Waals surface area contributed by atoms with E-state index >= 15 is 0 Å². The number of ether oxygens (including phenoxy) is 1. The predicted octanol–water partition coefficient (Wildman–Crippen LogP) is 3.83. The number of para-hydroxylation sites is 1. The van der Waals surface area contributed by atoms with E-state index in [0.29, 0.717) is 5.69 Å². The molecular formula is C24H32N2O4. The van der Waals surface area contributed by atoms with Gasteiger partial charge < -0.3 is 15.4 Å². The summed E-state index contributed by atoms with van der Waals surface area (Å²) in [4.78, 5) is 36.6. The van der Waals surface area contributed by atoms with Crippen molar-refractivity contribution in [1.29, 1.82) is 0 Å². The summed E-state index contributed by atoms with van der Waals surface area (Å²) in [6.07, 6.45) is 7.73. The normalized spacial score (nSPS) is 29.9. The van der Waals surface area contributed by atoms with Crippen LogP contribution in [0.15, 0.2) is 18.2 Å². The quantitative estimate of drug-likeness (QED) is 0.696. The SMILES string of the molecule is CC(=O)Nc1c(C)cccc1C(=O)OCC(=O)N[C@H](C)C12CC3CC(CC(C3)C1)C2. The van der Waals surface area contributed by atoms with Gasteiger partial charge in [0, 0.05) is 13.0 Å². The van der Waals surface area contributed by atoms with Crippen molar-refractivity contribution in [2.45, 2.75) is 65.3 Å². The second-order valence-corrected chi connectivity index (χ2v) is 9.82. The Morgan fingerprint density at radius 1 is 1.10 bits per heavy atom. The summed E-state index contributed by atoms with van der Waals surface area (Å²) in [5, 5.41) is 5.79. The lowest BCUT2D eigenvalue weighted by Crippen LogP contribution is -2.56. The molecule has 1 aromatic rings. The molecule has 4 aliphatic rings. The van der Waals surface area contributed by atoms with Crippen LogP contribution in [0.4, 0.5) is 5.69 Å². The van der Waals surface area contributed by atoms with Crippen molar-refractivity contribution in [2.24, 2.45) is 23.2 Å². The van der Waals surface area contributed by atoms with Gasteiger partial charge in [-0.15, -0.1) is 0 Å². The summed E-state index contributed by atoms with van der Waals surface area (Å²) in [5.74, 6) is 1.33. The number of anilines is 1. The smallest absolute Gasteiger partial charge is 0.340 e. The molecule has 2 N–H and O–H groups in total. The molecule has 4 saturated carbocycles. The molecule has 0 radical (unpaired) electrons. The fraction of sp³-hybridized carbons (Fsp3) is 0.625. The van der Waals surface area contributed by atoms with E-state index in [0.717, 1.165) is 23.3 Å². The zero-order chi connectivity index (χ0) is 21.5. The highest BCUT2D eigenvalue weighted by molar-refractivity contribution is 6.02. The van der Waals surface area contributed by atoms with E-state index in [-0.39, 0.29) is 35.4 Å². The fourth-order valence-electron chi connectivity index (χ4n) is 6.53. The molecule has 0 aromatic heterocycles. The van der Waals surface area contributed by atoms with Crippen LogP contribution in [0.3, 0.4) is 0 Å². The van der Waals surface area contributed by atoms with Gasteiger partial charge in [-0.1, -0.05) is 12.1 Å². The fourth-order valence-corrected chi connectivity index (χ4v) is 6.53. The molecule has 1 atom stereocenters. The number of nitrogens with one attached hydrogen (secondary N) is 2. The van der Waals surface area contributed by atoms with Gasteiger partial charge in [0.25, 0.3) is 5.91 Å². The van der Waals surface area contributed by atoms with Crippen molar-refractivity contribution in [3.05, 3.63) is 29.3 Å². The van der Waals surface area contributed by atoms with Crippen molar-refractivity contribution >= 4 is 23.5 Å². The zero-order valence-corrected chi connectivity index (χ0v) is 18.1. The average molecular weight is 413 g/mol. The minimum Gasteiger partial charge on any atom is -0.452 e. The summed E-state index contributed by atoms with van der Waals surface area (Å²) in [5.41, 5.74) is 1.66. The van der Waals surface area contributed by atoms with Crippen LogP contribution >= 0.6 is 0 Å². The lowest BCUT2D eigenvalue weighted by molar-refractivity contribution is -0.128. The number of carbonyl (C=O) groups excluding carboxylic acids is 3. The maximum Gasteiger partial charge on any atom is 0.340 e. The minimum atomic E-state index is -0.611. The van der Waals surface area contributed by atoms with Crippen molar-refractivity contribution in [2.75, 3.05) is 11.9 Å². The van der Waals surface area contributed by atoms with Crippen LogP contribution in [0.5, 0.6) is 0 Å². The monoisotopic (exact) mass is 412 g/mol. The zero-order valence-electron chi connectivity index (χ0n) is 18.1. The van der Waals surface area contributed by atoms with Crippen molar-refractivity contribution < 1.29 is 19.1 Å². The maximum atomic E-state index is 12.6. The van der Waals surface area contributed by atoms with Crippen LogP contribution in [0.1, 0.15) is 68.3 Å². The summed E-state index contributed by atoms with van der Waals surface area (Å²) >= 11 is 0. The number of carbonyl (C=O) groups is 3. The van der Waals surface area contributed by atoms with E-state index in [9.17, 15) is 14.4 Å². The van der Waals surface area contributed by atoms with E-state index in [1.807, 2.05) is 13.0 Å². The Labute approximate surface area is 178 Å². The largest absolute Gasteiger partial charge is 0.452 e. The first-order valence-electron chi connectivity index (χ1n) is 11.1. The van der Waals surface area contributed by atoms with Crippen LogP contribution < -0.4 is 10.6 Å². The Kier molecular flexibility index (Phi) is 5.60. The molecule has 6 heteroatoms. The predicted molar refractivity (Wildman–Crippen MR) is 114 cm³/mol. The molecule has 1 aromatic carbocycles. The number of esters is 1. The minimum absolute atomic E-state index is 0.0889. The van der Waals surface area contributed by atoms with Gasteiger partial charge in [-0.25, -0.2) is 4.79 Å². The first-order chi connectivity index (χ1) is 14.3. The Balaban J connectivity index is 1.35. The Morgan fingerprint density at radius 3 is 2.27 bits per heavy atom. The summed E-state index contributed by atoms with van der Waals surface area (Å²) in [7, 11) is 0. The first-order valence-corrected chi connectivity index (χ1v) is 11.1. The van der Waals surface area contributed by atoms with Gasteiger partial charge in [-0.3, -0.25) is 9.59 Å². The molecule has 4 aliphatic carbocycles. The molecule has 4 fully saturated rings. The van der Waals surface area contributed by atoms with Gasteiger partial charge in [0.05, 0.1) is 11.3 Å². The first kappa shape index (κ1) is 20.9. The van der Waals surface area contributed by atoms with E-state index in [1.54, 1.807) is 12.1 Å². The van der Waals surface area contributed by atoms with Crippen LogP contribution in [0.25, 0.3) is 0 Å². The molecule has 0 heterocycles. The average Bonchev–Trinajstić information content (AvgIpc) is 2.66. The Bertz CT molecular complexity index is 827. The highest BCUT2D eigenvalue weighted by Gasteiger charge is 2.53. The third-order valence-corrected chi connectivity index (χ3v) is 7.51. The lowest BCUT2D eigenvalue weighted by Gasteiger charge is -2.59. The van der Waals surface area contributed by atoms with E-state index in [2.05, 4.69) is 17.6 Å². The second kappa shape index (κ2) is 8.05. The molecule has 0 saturated heterocycles. The van der Waals surface area contributed by atoms with Crippen molar-refractivity contribution in [1.82, 2.24) is 5.32 Å². The van der Waals surface area contributed by atoms with Gasteiger partial charge in [-0.2, -0.15) is 0 Å². The second-order valence-electron chi connectivity index (χ2n) is 9.82. The van der Waals surface area contributed by atoms with Crippen LogP contribution in [0.2, 0.25) is 0 Å². The molecule has 0 spiro atoms. The molecule has 2 amide bonds. The Morgan fingerprint density at radius 2 is 1.70 bits per heavy atom. The third kappa shape index (κ3) is 4.09.